The Labute approximate surface area is 196 Å². The Morgan fingerprint density at radius 1 is 1.03 bits per heavy atom. The summed E-state index contributed by atoms with van der Waals surface area (Å²) in [5, 5.41) is 5.53. The van der Waals surface area contributed by atoms with Crippen LogP contribution in [0.15, 0.2) is 54.6 Å². The maximum absolute atomic E-state index is 13.3. The molecule has 7 nitrogen and oxygen atoms in total. The van der Waals surface area contributed by atoms with Gasteiger partial charge in [0.2, 0.25) is 11.8 Å². The van der Waals surface area contributed by atoms with Crippen molar-refractivity contribution in [2.24, 2.45) is 0 Å². The summed E-state index contributed by atoms with van der Waals surface area (Å²) in [5.41, 5.74) is 1.97. The van der Waals surface area contributed by atoms with Crippen molar-refractivity contribution in [2.45, 2.75) is 65.8 Å². The molecule has 2 aromatic rings. The highest BCUT2D eigenvalue weighted by atomic mass is 16.6. The second-order valence-electron chi connectivity index (χ2n) is 9.01. The normalized spacial score (nSPS) is 12.9. The molecule has 0 radical (unpaired) electrons. The van der Waals surface area contributed by atoms with Gasteiger partial charge in [-0.2, -0.15) is 0 Å². The third-order valence-electron chi connectivity index (χ3n) is 4.95. The van der Waals surface area contributed by atoms with Gasteiger partial charge in [-0.15, -0.1) is 0 Å². The summed E-state index contributed by atoms with van der Waals surface area (Å²) in [6.45, 7) is 11.2. The molecule has 0 aliphatic carbocycles. The first kappa shape index (κ1) is 25.9. The first-order chi connectivity index (χ1) is 15.5. The van der Waals surface area contributed by atoms with Gasteiger partial charge in [0, 0.05) is 13.1 Å². The molecule has 0 aliphatic rings. The van der Waals surface area contributed by atoms with Gasteiger partial charge >= 0.3 is 6.09 Å². The number of amides is 3. The summed E-state index contributed by atoms with van der Waals surface area (Å²) in [4.78, 5) is 40.3. The lowest BCUT2D eigenvalue weighted by molar-refractivity contribution is -0.142. The number of nitrogens with zero attached hydrogens (tertiary/aromatic N) is 1. The van der Waals surface area contributed by atoms with E-state index in [4.69, 9.17) is 4.74 Å². The van der Waals surface area contributed by atoms with Crippen molar-refractivity contribution in [3.05, 3.63) is 71.3 Å². The minimum atomic E-state index is -0.867. The van der Waals surface area contributed by atoms with Crippen molar-refractivity contribution < 1.29 is 19.1 Å². The highest BCUT2D eigenvalue weighted by Crippen LogP contribution is 2.23. The van der Waals surface area contributed by atoms with E-state index in [1.54, 1.807) is 27.7 Å². The molecule has 0 heterocycles. The first-order valence-corrected chi connectivity index (χ1v) is 11.2. The van der Waals surface area contributed by atoms with Crippen molar-refractivity contribution in [1.29, 1.82) is 0 Å². The zero-order valence-corrected chi connectivity index (χ0v) is 20.3. The Bertz CT molecular complexity index is 954. The molecule has 0 saturated heterocycles. The number of aryl methyl sites for hydroxylation is 1. The van der Waals surface area contributed by atoms with Gasteiger partial charge < -0.3 is 20.3 Å². The number of hydrogen-bond donors (Lipinski definition) is 2. The largest absolute Gasteiger partial charge is 0.444 e. The molecule has 2 N–H and O–H groups in total. The van der Waals surface area contributed by atoms with Gasteiger partial charge in [0.25, 0.3) is 0 Å². The Balaban J connectivity index is 2.26. The molecular weight excluding hydrogens is 418 g/mol. The highest BCUT2D eigenvalue weighted by molar-refractivity contribution is 5.92. The van der Waals surface area contributed by atoms with Gasteiger partial charge in [-0.1, -0.05) is 60.2 Å². The van der Waals surface area contributed by atoms with E-state index >= 15 is 0 Å². The van der Waals surface area contributed by atoms with Crippen molar-refractivity contribution >= 4 is 17.9 Å². The average molecular weight is 454 g/mol. The molecule has 2 rings (SSSR count). The van der Waals surface area contributed by atoms with Gasteiger partial charge in [-0.25, -0.2) is 4.79 Å². The molecule has 0 aromatic heterocycles. The molecule has 0 aliphatic heterocycles. The maximum atomic E-state index is 13.3. The van der Waals surface area contributed by atoms with Crippen LogP contribution < -0.4 is 10.6 Å². The van der Waals surface area contributed by atoms with Crippen LogP contribution in [0.4, 0.5) is 4.79 Å². The zero-order valence-electron chi connectivity index (χ0n) is 20.3. The number of likely N-dealkylation sites (N-methyl/N-ethyl adjacent to an activating group) is 1. The minimum absolute atomic E-state index is 0.288. The van der Waals surface area contributed by atoms with Crippen LogP contribution >= 0.6 is 0 Å². The van der Waals surface area contributed by atoms with Crippen molar-refractivity contribution in [3.8, 4) is 0 Å². The zero-order chi connectivity index (χ0) is 24.6. The first-order valence-electron chi connectivity index (χ1n) is 11.2. The summed E-state index contributed by atoms with van der Waals surface area (Å²) >= 11 is 0. The fourth-order valence-corrected chi connectivity index (χ4v) is 3.46. The van der Waals surface area contributed by atoms with Gasteiger partial charge in [-0.05, 0) is 52.7 Å². The smallest absolute Gasteiger partial charge is 0.408 e. The molecule has 178 valence electrons. The SMILES string of the molecule is CCN(C(=O)C(C)NC(=O)OC(C)(C)C)C(C(=O)NCc1ccccc1)c1cccc(C)c1. The third-order valence-corrected chi connectivity index (χ3v) is 4.95. The summed E-state index contributed by atoms with van der Waals surface area (Å²) in [6.07, 6.45) is -0.681. The van der Waals surface area contributed by atoms with Gasteiger partial charge in [0.05, 0.1) is 0 Å². The summed E-state index contributed by atoms with van der Waals surface area (Å²) in [6, 6.07) is 15.4. The molecule has 0 fully saturated rings. The quantitative estimate of drug-likeness (QED) is 0.630. The van der Waals surface area contributed by atoms with Crippen molar-refractivity contribution in [2.75, 3.05) is 6.54 Å². The molecule has 33 heavy (non-hydrogen) atoms. The fraction of sp³-hybridized carbons (Fsp3) is 0.423. The monoisotopic (exact) mass is 453 g/mol. The number of carbonyl (C=O) groups excluding carboxylic acids is 3. The Hall–Kier alpha value is -3.35. The molecule has 2 aromatic carbocycles. The van der Waals surface area contributed by atoms with Crippen LogP contribution in [0.1, 0.15) is 57.4 Å². The molecule has 7 heteroatoms. The summed E-state index contributed by atoms with van der Waals surface area (Å²) in [7, 11) is 0. The average Bonchev–Trinajstić information content (AvgIpc) is 2.74. The van der Waals surface area contributed by atoms with E-state index in [0.717, 1.165) is 11.1 Å². The lowest BCUT2D eigenvalue weighted by atomic mass is 10.0. The summed E-state index contributed by atoms with van der Waals surface area (Å²) in [5.74, 6) is -0.658. The number of ether oxygens (including phenoxy) is 1. The van der Waals surface area contributed by atoms with Crippen LogP contribution in [0.3, 0.4) is 0 Å². The third kappa shape index (κ3) is 7.93. The van der Waals surface area contributed by atoms with Crippen LogP contribution in [-0.2, 0) is 20.9 Å². The lowest BCUT2D eigenvalue weighted by Gasteiger charge is -2.33. The molecular formula is C26H35N3O4. The molecule has 0 spiro atoms. The van der Waals surface area contributed by atoms with Gasteiger partial charge in [0.15, 0.2) is 0 Å². The molecule has 3 amide bonds. The van der Waals surface area contributed by atoms with E-state index in [2.05, 4.69) is 10.6 Å². The van der Waals surface area contributed by atoms with Gasteiger partial charge in [-0.3, -0.25) is 9.59 Å². The standard InChI is InChI=1S/C26H35N3O4/c1-7-29(24(31)19(3)28-25(32)33-26(4,5)6)22(21-15-11-12-18(2)16-21)23(30)27-17-20-13-9-8-10-14-20/h8-16,19,22H,7,17H2,1-6H3,(H,27,30)(H,28,32). The van der Waals surface area contributed by atoms with Crippen LogP contribution in [0.2, 0.25) is 0 Å². The van der Waals surface area contributed by atoms with Crippen LogP contribution in [0.25, 0.3) is 0 Å². The predicted octanol–water partition coefficient (Wildman–Crippen LogP) is 4.11. The van der Waals surface area contributed by atoms with E-state index in [1.165, 1.54) is 4.90 Å². The molecule has 0 saturated carbocycles. The molecule has 2 unspecified atom stereocenters. The van der Waals surface area contributed by atoms with Gasteiger partial charge in [0.1, 0.15) is 17.7 Å². The van der Waals surface area contributed by atoms with Crippen molar-refractivity contribution in [1.82, 2.24) is 15.5 Å². The number of carbonyl (C=O) groups is 3. The lowest BCUT2D eigenvalue weighted by Crippen LogP contribution is -2.51. The Kier molecular flexibility index (Phi) is 9.02. The number of hydrogen-bond acceptors (Lipinski definition) is 4. The number of rotatable bonds is 8. The Morgan fingerprint density at radius 2 is 1.70 bits per heavy atom. The fourth-order valence-electron chi connectivity index (χ4n) is 3.46. The van der Waals surface area contributed by atoms with Crippen molar-refractivity contribution in [3.63, 3.8) is 0 Å². The Morgan fingerprint density at radius 3 is 2.27 bits per heavy atom. The van der Waals surface area contributed by atoms with E-state index < -0.39 is 23.8 Å². The number of alkyl carbamates (subject to hydrolysis) is 1. The van der Waals surface area contributed by atoms with Crippen LogP contribution in [-0.4, -0.2) is 41.0 Å². The molecule has 2 atom stereocenters. The maximum Gasteiger partial charge on any atom is 0.408 e. The highest BCUT2D eigenvalue weighted by Gasteiger charge is 2.33. The van der Waals surface area contributed by atoms with Crippen LogP contribution in [0, 0.1) is 6.92 Å². The second kappa shape index (κ2) is 11.5. The van der Waals surface area contributed by atoms with E-state index in [-0.39, 0.29) is 18.4 Å². The summed E-state index contributed by atoms with van der Waals surface area (Å²) < 4.78 is 5.27. The number of benzene rings is 2. The van der Waals surface area contributed by atoms with E-state index in [1.807, 2.05) is 68.4 Å². The number of nitrogens with one attached hydrogen (secondary N) is 2. The van der Waals surface area contributed by atoms with E-state index in [0.29, 0.717) is 12.1 Å². The topological polar surface area (TPSA) is 87.7 Å². The predicted molar refractivity (Wildman–Crippen MR) is 128 cm³/mol. The second-order valence-corrected chi connectivity index (χ2v) is 9.01. The molecule has 0 bridgehead atoms. The minimum Gasteiger partial charge on any atom is -0.444 e. The van der Waals surface area contributed by atoms with E-state index in [9.17, 15) is 14.4 Å². The van der Waals surface area contributed by atoms with Crippen LogP contribution in [0.5, 0.6) is 0 Å².